The summed E-state index contributed by atoms with van der Waals surface area (Å²) in [6.07, 6.45) is 0. The van der Waals surface area contributed by atoms with E-state index in [4.69, 9.17) is 21.6 Å². The summed E-state index contributed by atoms with van der Waals surface area (Å²) in [6, 6.07) is 11.0. The molecule has 0 aliphatic carbocycles. The highest BCUT2D eigenvalue weighted by atomic mass is 35.5. The Labute approximate surface area is 121 Å². The minimum atomic E-state index is -0.370. The number of nitriles is 1. The fraction of sp³-hybridized carbons (Fsp3) is 0.200. The lowest BCUT2D eigenvalue weighted by Crippen LogP contribution is -2.12. The van der Waals surface area contributed by atoms with Crippen molar-refractivity contribution < 1.29 is 4.74 Å². The Kier molecular flexibility index (Phi) is 4.44. The van der Waals surface area contributed by atoms with Crippen molar-refractivity contribution in [2.24, 2.45) is 0 Å². The van der Waals surface area contributed by atoms with Crippen LogP contribution in [0.25, 0.3) is 11.1 Å². The van der Waals surface area contributed by atoms with Crippen LogP contribution in [0.1, 0.15) is 11.3 Å². The largest absolute Gasteiger partial charge is 0.492 e. The molecule has 0 bridgehead atoms. The second-order valence-corrected chi connectivity index (χ2v) is 4.62. The SMILES string of the molecule is Cc1cc(-c2ccc(OCCCl)cc2)c(C#N)c(=O)[nH]1. The maximum atomic E-state index is 11.8. The highest BCUT2D eigenvalue weighted by Crippen LogP contribution is 2.24. The van der Waals surface area contributed by atoms with Crippen molar-refractivity contribution in [3.05, 3.63) is 51.9 Å². The molecule has 1 aromatic carbocycles. The molecule has 0 spiro atoms. The van der Waals surface area contributed by atoms with Crippen molar-refractivity contribution in [2.45, 2.75) is 6.92 Å². The van der Waals surface area contributed by atoms with Crippen molar-refractivity contribution >= 4 is 11.6 Å². The zero-order chi connectivity index (χ0) is 14.5. The lowest BCUT2D eigenvalue weighted by molar-refractivity contribution is 0.343. The quantitative estimate of drug-likeness (QED) is 0.880. The molecule has 102 valence electrons. The van der Waals surface area contributed by atoms with Crippen LogP contribution in [0, 0.1) is 18.3 Å². The minimum absolute atomic E-state index is 0.116. The van der Waals surface area contributed by atoms with Crippen LogP contribution in [-0.4, -0.2) is 17.5 Å². The van der Waals surface area contributed by atoms with Crippen LogP contribution in [0.4, 0.5) is 0 Å². The molecule has 0 unspecified atom stereocenters. The molecule has 1 N–H and O–H groups in total. The normalized spacial score (nSPS) is 10.1. The Morgan fingerprint density at radius 3 is 2.65 bits per heavy atom. The van der Waals surface area contributed by atoms with E-state index >= 15 is 0 Å². The molecule has 2 aromatic rings. The first-order chi connectivity index (χ1) is 9.65. The van der Waals surface area contributed by atoms with Crippen LogP contribution in [0.2, 0.25) is 0 Å². The summed E-state index contributed by atoms with van der Waals surface area (Å²) < 4.78 is 5.39. The molecule has 2 rings (SSSR count). The molecule has 0 aliphatic heterocycles. The molecular formula is C15H13ClN2O2. The third kappa shape index (κ3) is 3.01. The Morgan fingerprint density at radius 2 is 2.05 bits per heavy atom. The Morgan fingerprint density at radius 1 is 1.35 bits per heavy atom. The van der Waals surface area contributed by atoms with E-state index in [1.165, 1.54) is 0 Å². The highest BCUT2D eigenvalue weighted by molar-refractivity contribution is 6.18. The van der Waals surface area contributed by atoms with Gasteiger partial charge in [0.15, 0.2) is 0 Å². The van der Waals surface area contributed by atoms with Gasteiger partial charge in [0.05, 0.1) is 5.88 Å². The number of hydrogen-bond donors (Lipinski definition) is 1. The van der Waals surface area contributed by atoms with Gasteiger partial charge in [0.25, 0.3) is 5.56 Å². The first-order valence-corrected chi connectivity index (χ1v) is 6.62. The number of hydrogen-bond acceptors (Lipinski definition) is 3. The van der Waals surface area contributed by atoms with Crippen LogP contribution in [0.15, 0.2) is 35.1 Å². The van der Waals surface area contributed by atoms with E-state index in [1.54, 1.807) is 25.1 Å². The van der Waals surface area contributed by atoms with Gasteiger partial charge in [0, 0.05) is 11.3 Å². The van der Waals surface area contributed by atoms with Gasteiger partial charge < -0.3 is 9.72 Å². The van der Waals surface area contributed by atoms with E-state index in [9.17, 15) is 4.79 Å². The fourth-order valence-electron chi connectivity index (χ4n) is 1.91. The van der Waals surface area contributed by atoms with E-state index in [0.29, 0.717) is 29.5 Å². The lowest BCUT2D eigenvalue weighted by Gasteiger charge is -2.07. The number of benzene rings is 1. The van der Waals surface area contributed by atoms with Crippen LogP contribution in [-0.2, 0) is 0 Å². The van der Waals surface area contributed by atoms with Gasteiger partial charge in [-0.15, -0.1) is 11.6 Å². The molecule has 0 saturated carbocycles. The average Bonchev–Trinajstić information content (AvgIpc) is 2.45. The Balaban J connectivity index is 2.42. The topological polar surface area (TPSA) is 65.9 Å². The van der Waals surface area contributed by atoms with Crippen molar-refractivity contribution in [1.29, 1.82) is 5.26 Å². The number of H-pyrrole nitrogens is 1. The molecule has 0 radical (unpaired) electrons. The van der Waals surface area contributed by atoms with E-state index in [-0.39, 0.29) is 11.1 Å². The van der Waals surface area contributed by atoms with E-state index < -0.39 is 0 Å². The van der Waals surface area contributed by atoms with Crippen LogP contribution in [0.5, 0.6) is 5.75 Å². The number of aryl methyl sites for hydroxylation is 1. The van der Waals surface area contributed by atoms with Crippen LogP contribution in [0.3, 0.4) is 0 Å². The number of halogens is 1. The summed E-state index contributed by atoms with van der Waals surface area (Å²) in [6.45, 7) is 2.22. The predicted octanol–water partition coefficient (Wildman–Crippen LogP) is 2.84. The van der Waals surface area contributed by atoms with E-state index in [1.807, 2.05) is 18.2 Å². The van der Waals surface area contributed by atoms with Gasteiger partial charge in [-0.2, -0.15) is 5.26 Å². The summed E-state index contributed by atoms with van der Waals surface area (Å²) in [4.78, 5) is 14.4. The summed E-state index contributed by atoms with van der Waals surface area (Å²) in [7, 11) is 0. The molecule has 1 aromatic heterocycles. The molecule has 0 aliphatic rings. The number of alkyl halides is 1. The maximum Gasteiger partial charge on any atom is 0.266 e. The molecule has 0 atom stereocenters. The van der Waals surface area contributed by atoms with Gasteiger partial charge >= 0.3 is 0 Å². The molecule has 0 saturated heterocycles. The number of aromatic nitrogens is 1. The van der Waals surface area contributed by atoms with Gasteiger partial charge in [-0.1, -0.05) is 12.1 Å². The van der Waals surface area contributed by atoms with Crippen LogP contribution < -0.4 is 10.3 Å². The van der Waals surface area contributed by atoms with Crippen molar-refractivity contribution in [1.82, 2.24) is 4.98 Å². The average molecular weight is 289 g/mol. The number of rotatable bonds is 4. The zero-order valence-electron chi connectivity index (χ0n) is 10.9. The summed E-state index contributed by atoms with van der Waals surface area (Å²) in [5.74, 6) is 1.13. The molecule has 20 heavy (non-hydrogen) atoms. The first-order valence-electron chi connectivity index (χ1n) is 6.09. The Bertz CT molecular complexity index is 699. The number of ether oxygens (including phenoxy) is 1. The number of nitrogens with one attached hydrogen (secondary N) is 1. The molecule has 5 heteroatoms. The van der Waals surface area contributed by atoms with Crippen molar-refractivity contribution in [3.8, 4) is 22.9 Å². The van der Waals surface area contributed by atoms with Gasteiger partial charge in [0.1, 0.15) is 24.0 Å². The molecular weight excluding hydrogens is 276 g/mol. The smallest absolute Gasteiger partial charge is 0.266 e. The minimum Gasteiger partial charge on any atom is -0.492 e. The third-order valence-electron chi connectivity index (χ3n) is 2.79. The van der Waals surface area contributed by atoms with Crippen molar-refractivity contribution in [3.63, 3.8) is 0 Å². The summed E-state index contributed by atoms with van der Waals surface area (Å²) in [5, 5.41) is 9.11. The lowest BCUT2D eigenvalue weighted by atomic mass is 10.0. The van der Waals surface area contributed by atoms with E-state index in [2.05, 4.69) is 4.98 Å². The van der Waals surface area contributed by atoms with Gasteiger partial charge in [-0.3, -0.25) is 4.79 Å². The summed E-state index contributed by atoms with van der Waals surface area (Å²) >= 11 is 5.55. The zero-order valence-corrected chi connectivity index (χ0v) is 11.7. The Hall–Kier alpha value is -2.25. The second kappa shape index (κ2) is 6.27. The van der Waals surface area contributed by atoms with Crippen LogP contribution >= 0.6 is 11.6 Å². The third-order valence-corrected chi connectivity index (χ3v) is 2.95. The second-order valence-electron chi connectivity index (χ2n) is 4.24. The molecule has 0 amide bonds. The fourth-order valence-corrected chi connectivity index (χ4v) is 1.99. The number of aromatic amines is 1. The van der Waals surface area contributed by atoms with Gasteiger partial charge in [-0.25, -0.2) is 0 Å². The van der Waals surface area contributed by atoms with Gasteiger partial charge in [0.2, 0.25) is 0 Å². The first kappa shape index (κ1) is 14.2. The highest BCUT2D eigenvalue weighted by Gasteiger charge is 2.10. The predicted molar refractivity (Wildman–Crippen MR) is 78.2 cm³/mol. The number of nitrogens with zero attached hydrogens (tertiary/aromatic N) is 1. The monoisotopic (exact) mass is 288 g/mol. The standard InChI is InChI=1S/C15H13ClN2O2/c1-10-8-13(14(9-17)15(19)18-10)11-2-4-12(5-3-11)20-7-6-16/h2-5,8H,6-7H2,1H3,(H,18,19). The number of pyridine rings is 1. The van der Waals surface area contributed by atoms with Gasteiger partial charge in [-0.05, 0) is 30.7 Å². The van der Waals surface area contributed by atoms with Crippen molar-refractivity contribution in [2.75, 3.05) is 12.5 Å². The van der Waals surface area contributed by atoms with E-state index in [0.717, 1.165) is 5.56 Å². The molecule has 0 fully saturated rings. The summed E-state index contributed by atoms with van der Waals surface area (Å²) in [5.41, 5.74) is 1.88. The molecule has 1 heterocycles. The maximum absolute atomic E-state index is 11.8. The molecule has 4 nitrogen and oxygen atoms in total.